The van der Waals surface area contributed by atoms with Crippen LogP contribution in [0, 0.1) is 5.82 Å². The molecule has 0 unspecified atom stereocenters. The van der Waals surface area contributed by atoms with E-state index in [0.717, 1.165) is 0 Å². The lowest BCUT2D eigenvalue weighted by atomic mass is 10.2. The summed E-state index contributed by atoms with van der Waals surface area (Å²) in [7, 11) is 0. The number of hydrogen-bond acceptors (Lipinski definition) is 2. The van der Waals surface area contributed by atoms with Gasteiger partial charge in [-0.1, -0.05) is 27.5 Å². The van der Waals surface area contributed by atoms with Crippen molar-refractivity contribution in [1.29, 1.82) is 0 Å². The topological polar surface area (TPSA) is 44.3 Å². The van der Waals surface area contributed by atoms with Gasteiger partial charge in [0.05, 0.1) is 11.6 Å². The van der Waals surface area contributed by atoms with Crippen molar-refractivity contribution in [2.45, 2.75) is 6.54 Å². The van der Waals surface area contributed by atoms with E-state index in [0.29, 0.717) is 21.7 Å². The predicted molar refractivity (Wildman–Crippen MR) is 73.6 cm³/mol. The van der Waals surface area contributed by atoms with Gasteiger partial charge >= 0.3 is 0 Å². The molecule has 1 aromatic carbocycles. The zero-order valence-corrected chi connectivity index (χ0v) is 11.9. The van der Waals surface area contributed by atoms with Crippen molar-refractivity contribution in [3.63, 3.8) is 0 Å². The zero-order chi connectivity index (χ0) is 12.8. The first-order valence-corrected chi connectivity index (χ1v) is 6.38. The molecule has 0 radical (unpaired) electrons. The Balaban J connectivity index is 2.60. The Morgan fingerprint density at radius 3 is 2.82 bits per heavy atom. The van der Waals surface area contributed by atoms with Gasteiger partial charge in [-0.15, -0.1) is 0 Å². The number of benzene rings is 1. The molecule has 0 fully saturated rings. The molecule has 7 heteroatoms. The van der Waals surface area contributed by atoms with Gasteiger partial charge in [-0.05, 0) is 24.4 Å². The van der Waals surface area contributed by atoms with Crippen molar-refractivity contribution < 1.29 is 9.50 Å². The van der Waals surface area contributed by atoms with Crippen LogP contribution in [0.25, 0.3) is 0 Å². The van der Waals surface area contributed by atoms with Crippen LogP contribution in [0.3, 0.4) is 0 Å². The quantitative estimate of drug-likeness (QED) is 0.580. The number of aliphatic hydroxyl groups excluding tert-OH is 1. The molecule has 0 amide bonds. The van der Waals surface area contributed by atoms with E-state index in [2.05, 4.69) is 26.6 Å². The molecule has 0 saturated heterocycles. The number of aliphatic hydroxyl groups is 1. The summed E-state index contributed by atoms with van der Waals surface area (Å²) in [5.41, 5.74) is 0.414. The average Bonchev–Trinajstić information content (AvgIpc) is 2.29. The molecule has 0 heterocycles. The lowest BCUT2D eigenvalue weighted by molar-refractivity contribution is 0.300. The number of rotatable bonds is 4. The molecule has 0 aromatic heterocycles. The zero-order valence-electron chi connectivity index (χ0n) is 8.77. The second-order valence-electron chi connectivity index (χ2n) is 3.19. The highest BCUT2D eigenvalue weighted by molar-refractivity contribution is 9.10. The fourth-order valence-electron chi connectivity index (χ4n) is 1.15. The first-order valence-electron chi connectivity index (χ1n) is 4.80. The van der Waals surface area contributed by atoms with Crippen molar-refractivity contribution in [2.75, 3.05) is 13.2 Å². The van der Waals surface area contributed by atoms with E-state index in [1.165, 1.54) is 6.07 Å². The molecule has 1 rings (SSSR count). The van der Waals surface area contributed by atoms with E-state index in [-0.39, 0.29) is 18.2 Å². The molecule has 0 bridgehead atoms. The van der Waals surface area contributed by atoms with Gasteiger partial charge < -0.3 is 15.7 Å². The fraction of sp³-hybridized carbons (Fsp3) is 0.300. The summed E-state index contributed by atoms with van der Waals surface area (Å²) in [5.74, 6) is -0.465. The van der Waals surface area contributed by atoms with Crippen molar-refractivity contribution in [2.24, 2.45) is 0 Å². The smallest absolute Gasteiger partial charge is 0.166 e. The summed E-state index contributed by atoms with van der Waals surface area (Å²) in [6.07, 6.45) is 0. The highest BCUT2D eigenvalue weighted by atomic mass is 79.9. The Hall–Kier alpha value is -0.430. The van der Waals surface area contributed by atoms with E-state index < -0.39 is 5.82 Å². The summed E-state index contributed by atoms with van der Waals surface area (Å²) < 4.78 is 14.3. The van der Waals surface area contributed by atoms with Crippen LogP contribution < -0.4 is 10.6 Å². The van der Waals surface area contributed by atoms with Crippen LogP contribution in [0.15, 0.2) is 16.6 Å². The normalized spacial score (nSPS) is 10.1. The number of thiocarbonyl (C=S) groups is 1. The highest BCUT2D eigenvalue weighted by Crippen LogP contribution is 2.23. The molecule has 3 N–H and O–H groups in total. The average molecular weight is 342 g/mol. The second kappa shape index (κ2) is 7.10. The predicted octanol–water partition coefficient (Wildman–Crippen LogP) is 2.20. The van der Waals surface area contributed by atoms with Crippen molar-refractivity contribution in [1.82, 2.24) is 10.6 Å². The third-order valence-corrected chi connectivity index (χ3v) is 2.93. The largest absolute Gasteiger partial charge is 0.395 e. The summed E-state index contributed by atoms with van der Waals surface area (Å²) in [6.45, 7) is 0.564. The van der Waals surface area contributed by atoms with Crippen LogP contribution in [0.2, 0.25) is 5.02 Å². The third-order valence-electron chi connectivity index (χ3n) is 1.91. The Morgan fingerprint density at radius 2 is 2.18 bits per heavy atom. The molecule has 0 aliphatic rings. The summed E-state index contributed by atoms with van der Waals surface area (Å²) >= 11 is 13.9. The molecular formula is C10H11BrClFN2OS. The highest BCUT2D eigenvalue weighted by Gasteiger charge is 2.08. The lowest BCUT2D eigenvalue weighted by Crippen LogP contribution is -2.36. The van der Waals surface area contributed by atoms with Crippen LogP contribution in [-0.2, 0) is 6.54 Å². The van der Waals surface area contributed by atoms with Gasteiger partial charge in [0.25, 0.3) is 0 Å². The number of halogens is 3. The molecule has 0 aliphatic carbocycles. The van der Waals surface area contributed by atoms with Crippen molar-refractivity contribution in [3.05, 3.63) is 33.0 Å². The van der Waals surface area contributed by atoms with Gasteiger partial charge in [-0.2, -0.15) is 0 Å². The molecule has 0 atom stereocenters. The van der Waals surface area contributed by atoms with Gasteiger partial charge in [0.15, 0.2) is 5.11 Å². The first-order chi connectivity index (χ1) is 8.04. The maximum Gasteiger partial charge on any atom is 0.166 e. The van der Waals surface area contributed by atoms with Gasteiger partial charge in [-0.25, -0.2) is 4.39 Å². The van der Waals surface area contributed by atoms with E-state index in [1.807, 2.05) is 0 Å². The number of hydrogen-bond donors (Lipinski definition) is 3. The van der Waals surface area contributed by atoms with E-state index >= 15 is 0 Å². The van der Waals surface area contributed by atoms with Crippen LogP contribution >= 0.6 is 39.7 Å². The minimum Gasteiger partial charge on any atom is -0.395 e. The summed E-state index contributed by atoms with van der Waals surface area (Å²) in [4.78, 5) is 0. The Labute approximate surface area is 117 Å². The van der Waals surface area contributed by atoms with Crippen LogP contribution in [-0.4, -0.2) is 23.4 Å². The molecule has 17 heavy (non-hydrogen) atoms. The molecule has 0 aliphatic heterocycles. The SMILES string of the molecule is OCCNC(=S)NCc1cc(Br)cc(Cl)c1F. The molecular weight excluding hydrogens is 331 g/mol. The summed E-state index contributed by atoms with van der Waals surface area (Å²) in [6, 6.07) is 3.12. The summed E-state index contributed by atoms with van der Waals surface area (Å²) in [5, 5.41) is 14.6. The van der Waals surface area contributed by atoms with Crippen molar-refractivity contribution >= 4 is 44.9 Å². The maximum atomic E-state index is 13.6. The minimum atomic E-state index is -0.465. The third kappa shape index (κ3) is 4.75. The Bertz CT molecular complexity index is 420. The van der Waals surface area contributed by atoms with Crippen LogP contribution in [0.4, 0.5) is 4.39 Å². The molecule has 0 spiro atoms. The minimum absolute atomic E-state index is 0.0150. The monoisotopic (exact) mass is 340 g/mol. The molecule has 0 saturated carbocycles. The van der Waals surface area contributed by atoms with Crippen molar-refractivity contribution in [3.8, 4) is 0 Å². The van der Waals surface area contributed by atoms with E-state index in [1.54, 1.807) is 6.07 Å². The van der Waals surface area contributed by atoms with Gasteiger partial charge in [-0.3, -0.25) is 0 Å². The van der Waals surface area contributed by atoms with Gasteiger partial charge in [0.2, 0.25) is 0 Å². The molecule has 94 valence electrons. The number of nitrogens with one attached hydrogen (secondary N) is 2. The van der Waals surface area contributed by atoms with Crippen LogP contribution in [0.1, 0.15) is 5.56 Å². The standard InChI is InChI=1S/C10H11BrClFN2OS/c11-7-3-6(9(13)8(12)4-7)5-15-10(17)14-1-2-16/h3-4,16H,1-2,5H2,(H2,14,15,17). The van der Waals surface area contributed by atoms with E-state index in [4.69, 9.17) is 28.9 Å². The van der Waals surface area contributed by atoms with E-state index in [9.17, 15) is 4.39 Å². The lowest BCUT2D eigenvalue weighted by Gasteiger charge is -2.11. The molecule has 1 aromatic rings. The maximum absolute atomic E-state index is 13.6. The fourth-order valence-corrected chi connectivity index (χ4v) is 2.20. The molecule has 3 nitrogen and oxygen atoms in total. The second-order valence-corrected chi connectivity index (χ2v) is 4.92. The van der Waals surface area contributed by atoms with Gasteiger partial charge in [0.1, 0.15) is 5.82 Å². The Morgan fingerprint density at radius 1 is 1.47 bits per heavy atom. The first kappa shape index (κ1) is 14.6. The van der Waals surface area contributed by atoms with Crippen LogP contribution in [0.5, 0.6) is 0 Å². The Kier molecular flexibility index (Phi) is 6.11. The van der Waals surface area contributed by atoms with Gasteiger partial charge in [0, 0.05) is 23.1 Å².